The van der Waals surface area contributed by atoms with Crippen LogP contribution in [0.4, 0.5) is 5.69 Å². The largest absolute Gasteiger partial charge is 0.324 e. The van der Waals surface area contributed by atoms with Crippen LogP contribution in [0, 0.1) is 6.92 Å². The van der Waals surface area contributed by atoms with E-state index in [4.69, 9.17) is 0 Å². The van der Waals surface area contributed by atoms with Crippen LogP contribution in [0.1, 0.15) is 18.4 Å². The zero-order chi connectivity index (χ0) is 18.0. The summed E-state index contributed by atoms with van der Waals surface area (Å²) in [5.41, 5.74) is 3.13. The van der Waals surface area contributed by atoms with Crippen molar-refractivity contribution < 1.29 is 13.2 Å². The maximum atomic E-state index is 12.3. The molecule has 2 aromatic rings. The first-order valence-electron chi connectivity index (χ1n) is 8.30. The minimum absolute atomic E-state index is 0.0233. The summed E-state index contributed by atoms with van der Waals surface area (Å²) in [5.74, 6) is -0.0233. The number of sulfone groups is 1. The van der Waals surface area contributed by atoms with Gasteiger partial charge in [0.05, 0.1) is 10.9 Å². The van der Waals surface area contributed by atoms with Crippen molar-refractivity contribution in [2.75, 3.05) is 18.1 Å². The van der Waals surface area contributed by atoms with Crippen LogP contribution in [0.25, 0.3) is 11.1 Å². The Labute approximate surface area is 148 Å². The van der Waals surface area contributed by atoms with Crippen molar-refractivity contribution in [2.24, 2.45) is 0 Å². The Kier molecular flexibility index (Phi) is 4.92. The van der Waals surface area contributed by atoms with E-state index in [0.29, 0.717) is 10.5 Å². The zero-order valence-corrected chi connectivity index (χ0v) is 15.2. The Hall–Kier alpha value is -2.18. The van der Waals surface area contributed by atoms with E-state index < -0.39 is 9.84 Å². The van der Waals surface area contributed by atoms with Gasteiger partial charge in [0.1, 0.15) is 0 Å². The zero-order valence-electron chi connectivity index (χ0n) is 14.4. The van der Waals surface area contributed by atoms with Gasteiger partial charge in [-0.3, -0.25) is 4.79 Å². The first-order chi connectivity index (χ1) is 11.9. The van der Waals surface area contributed by atoms with Crippen LogP contribution >= 0.6 is 0 Å². The van der Waals surface area contributed by atoms with Crippen LogP contribution in [0.15, 0.2) is 47.4 Å². The molecular formula is C19H22N2O3S. The molecule has 0 radical (unpaired) electrons. The van der Waals surface area contributed by atoms with Crippen molar-refractivity contribution in [3.8, 4) is 11.1 Å². The number of carbonyl (C=O) groups is 1. The van der Waals surface area contributed by atoms with Crippen molar-refractivity contribution in [1.29, 1.82) is 0 Å². The SMILES string of the molecule is Cc1cc(-c2ccccc2S(C)(=O)=O)ccc1NC(=O)C1CCCN1. The molecule has 1 aliphatic heterocycles. The Morgan fingerprint density at radius 2 is 1.96 bits per heavy atom. The van der Waals surface area contributed by atoms with Gasteiger partial charge in [0.25, 0.3) is 0 Å². The van der Waals surface area contributed by atoms with E-state index in [1.165, 1.54) is 6.26 Å². The molecule has 1 saturated heterocycles. The number of carbonyl (C=O) groups excluding carboxylic acids is 1. The van der Waals surface area contributed by atoms with Gasteiger partial charge in [-0.25, -0.2) is 8.42 Å². The van der Waals surface area contributed by atoms with Gasteiger partial charge in [0.15, 0.2) is 9.84 Å². The summed E-state index contributed by atoms with van der Waals surface area (Å²) in [6, 6.07) is 12.4. The van der Waals surface area contributed by atoms with Crippen LogP contribution in [0.2, 0.25) is 0 Å². The number of aryl methyl sites for hydroxylation is 1. The molecule has 1 atom stereocenters. The Morgan fingerprint density at radius 3 is 2.60 bits per heavy atom. The molecule has 3 rings (SSSR count). The standard InChI is InChI=1S/C19H22N2O3S/c1-13-12-14(15-6-3-4-8-18(15)25(2,23)24)9-10-16(13)21-19(22)17-7-5-11-20-17/h3-4,6,8-10,12,17,20H,5,7,11H2,1-2H3,(H,21,22). The highest BCUT2D eigenvalue weighted by atomic mass is 32.2. The lowest BCUT2D eigenvalue weighted by Crippen LogP contribution is -2.35. The molecule has 1 fully saturated rings. The Morgan fingerprint density at radius 1 is 1.20 bits per heavy atom. The highest BCUT2D eigenvalue weighted by Gasteiger charge is 2.22. The van der Waals surface area contributed by atoms with Crippen LogP contribution < -0.4 is 10.6 Å². The van der Waals surface area contributed by atoms with E-state index in [2.05, 4.69) is 10.6 Å². The number of benzene rings is 2. The number of anilines is 1. The van der Waals surface area contributed by atoms with E-state index >= 15 is 0 Å². The lowest BCUT2D eigenvalue weighted by atomic mass is 10.0. The molecule has 2 aromatic carbocycles. The summed E-state index contributed by atoms with van der Waals surface area (Å²) >= 11 is 0. The second-order valence-corrected chi connectivity index (χ2v) is 8.42. The number of hydrogen-bond acceptors (Lipinski definition) is 4. The molecule has 0 bridgehead atoms. The van der Waals surface area contributed by atoms with Gasteiger partial charge in [0, 0.05) is 17.5 Å². The first kappa shape index (κ1) is 17.6. The summed E-state index contributed by atoms with van der Waals surface area (Å²) in [6.45, 7) is 2.78. The Balaban J connectivity index is 1.89. The van der Waals surface area contributed by atoms with Crippen molar-refractivity contribution >= 4 is 21.4 Å². The normalized spacial score (nSPS) is 17.4. The lowest BCUT2D eigenvalue weighted by Gasteiger charge is -2.15. The molecule has 1 unspecified atom stereocenters. The van der Waals surface area contributed by atoms with E-state index in [1.807, 2.05) is 31.2 Å². The van der Waals surface area contributed by atoms with Crippen molar-refractivity contribution in [3.63, 3.8) is 0 Å². The summed E-state index contributed by atoms with van der Waals surface area (Å²) in [4.78, 5) is 12.6. The third-order valence-electron chi connectivity index (χ3n) is 4.46. The molecule has 25 heavy (non-hydrogen) atoms. The van der Waals surface area contributed by atoms with Crippen molar-refractivity contribution in [2.45, 2.75) is 30.7 Å². The number of nitrogens with one attached hydrogen (secondary N) is 2. The highest BCUT2D eigenvalue weighted by Crippen LogP contribution is 2.30. The van der Waals surface area contributed by atoms with E-state index in [9.17, 15) is 13.2 Å². The summed E-state index contributed by atoms with van der Waals surface area (Å²) < 4.78 is 24.0. The minimum Gasteiger partial charge on any atom is -0.324 e. The fourth-order valence-corrected chi connectivity index (χ4v) is 4.04. The molecule has 1 heterocycles. The van der Waals surface area contributed by atoms with Crippen molar-refractivity contribution in [1.82, 2.24) is 5.32 Å². The highest BCUT2D eigenvalue weighted by molar-refractivity contribution is 7.90. The summed E-state index contributed by atoms with van der Waals surface area (Å²) in [7, 11) is -3.31. The predicted molar refractivity (Wildman–Crippen MR) is 99.4 cm³/mol. The fraction of sp³-hybridized carbons (Fsp3) is 0.316. The molecule has 5 nitrogen and oxygen atoms in total. The van der Waals surface area contributed by atoms with Gasteiger partial charge in [0.2, 0.25) is 5.91 Å². The minimum atomic E-state index is -3.31. The van der Waals surface area contributed by atoms with Gasteiger partial charge in [-0.1, -0.05) is 24.3 Å². The summed E-state index contributed by atoms with van der Waals surface area (Å²) in [6.07, 6.45) is 3.07. The second-order valence-electron chi connectivity index (χ2n) is 6.44. The maximum Gasteiger partial charge on any atom is 0.241 e. The molecule has 0 aliphatic carbocycles. The lowest BCUT2D eigenvalue weighted by molar-refractivity contribution is -0.117. The average molecular weight is 358 g/mol. The van der Waals surface area contributed by atoms with Crippen LogP contribution in [-0.2, 0) is 14.6 Å². The first-order valence-corrected chi connectivity index (χ1v) is 10.2. The van der Waals surface area contributed by atoms with Crippen molar-refractivity contribution in [3.05, 3.63) is 48.0 Å². The van der Waals surface area contributed by atoms with Gasteiger partial charge in [-0.15, -0.1) is 0 Å². The molecule has 0 aromatic heterocycles. The third-order valence-corrected chi connectivity index (χ3v) is 5.61. The van der Waals surface area contributed by atoms with Crippen LogP contribution in [-0.4, -0.2) is 33.2 Å². The van der Waals surface area contributed by atoms with E-state index in [1.54, 1.807) is 18.2 Å². The fourth-order valence-electron chi connectivity index (χ4n) is 3.13. The number of amides is 1. The summed E-state index contributed by atoms with van der Waals surface area (Å²) in [5, 5.41) is 6.13. The number of rotatable bonds is 4. The molecule has 2 N–H and O–H groups in total. The molecule has 1 aliphatic rings. The average Bonchev–Trinajstić information content (AvgIpc) is 3.10. The maximum absolute atomic E-state index is 12.3. The second kappa shape index (κ2) is 6.98. The topological polar surface area (TPSA) is 75.3 Å². The molecule has 6 heteroatoms. The predicted octanol–water partition coefficient (Wildman–Crippen LogP) is 2.76. The van der Waals surface area contributed by atoms with E-state index in [0.717, 1.165) is 36.2 Å². The molecule has 132 valence electrons. The molecule has 1 amide bonds. The quantitative estimate of drug-likeness (QED) is 0.881. The third kappa shape index (κ3) is 3.91. The van der Waals surface area contributed by atoms with Crippen LogP contribution in [0.3, 0.4) is 0 Å². The van der Waals surface area contributed by atoms with Gasteiger partial charge < -0.3 is 10.6 Å². The molecule has 0 saturated carbocycles. The van der Waals surface area contributed by atoms with Crippen LogP contribution in [0.5, 0.6) is 0 Å². The van der Waals surface area contributed by atoms with Gasteiger partial charge in [-0.2, -0.15) is 0 Å². The van der Waals surface area contributed by atoms with Gasteiger partial charge in [-0.05, 0) is 55.6 Å². The smallest absolute Gasteiger partial charge is 0.241 e. The Bertz CT molecular complexity index is 901. The molecular weight excluding hydrogens is 336 g/mol. The monoisotopic (exact) mass is 358 g/mol. The number of hydrogen-bond donors (Lipinski definition) is 2. The molecule has 0 spiro atoms. The van der Waals surface area contributed by atoms with E-state index in [-0.39, 0.29) is 11.9 Å². The van der Waals surface area contributed by atoms with Gasteiger partial charge >= 0.3 is 0 Å².